The van der Waals surface area contributed by atoms with Gasteiger partial charge in [-0.15, -0.1) is 0 Å². The summed E-state index contributed by atoms with van der Waals surface area (Å²) in [5, 5.41) is 24.0. The number of nitrogens with zero attached hydrogens (tertiary/aromatic N) is 3. The summed E-state index contributed by atoms with van der Waals surface area (Å²) < 4.78 is 6.41. The second kappa shape index (κ2) is 9.61. The molecule has 10 heteroatoms. The molecule has 2 N–H and O–H groups in total. The number of anilines is 1. The normalized spacial score (nSPS) is 10.7. The smallest absolute Gasteiger partial charge is 0.335 e. The van der Waals surface area contributed by atoms with Crippen LogP contribution in [0.3, 0.4) is 0 Å². The molecule has 0 fully saturated rings. The lowest BCUT2D eigenvalue weighted by atomic mass is 10.1. The molecular formula is C20H15BrN4O5. The lowest BCUT2D eigenvalue weighted by Crippen LogP contribution is -2.01. The molecule has 0 saturated carbocycles. The number of rotatable bonds is 8. The average Bonchev–Trinajstić information content (AvgIpc) is 2.73. The van der Waals surface area contributed by atoms with E-state index in [2.05, 4.69) is 31.4 Å². The molecule has 1 heterocycles. The quantitative estimate of drug-likeness (QED) is 0.282. The molecule has 0 bridgehead atoms. The van der Waals surface area contributed by atoms with Gasteiger partial charge in [0.25, 0.3) is 0 Å². The Kier molecular flexibility index (Phi) is 6.71. The van der Waals surface area contributed by atoms with Crippen LogP contribution in [0, 0.1) is 10.1 Å². The number of hydrogen-bond acceptors (Lipinski definition) is 7. The highest BCUT2D eigenvalue weighted by Crippen LogP contribution is 2.26. The van der Waals surface area contributed by atoms with E-state index in [4.69, 9.17) is 9.84 Å². The molecule has 3 aromatic rings. The van der Waals surface area contributed by atoms with Crippen LogP contribution >= 0.6 is 15.9 Å². The van der Waals surface area contributed by atoms with Crippen LogP contribution in [0.25, 0.3) is 0 Å². The molecule has 3 rings (SSSR count). The van der Waals surface area contributed by atoms with Crippen molar-refractivity contribution >= 4 is 39.6 Å². The fraction of sp³-hybridized carbons (Fsp3) is 0.0500. The summed E-state index contributed by atoms with van der Waals surface area (Å²) in [5.74, 6) is -0.381. The summed E-state index contributed by atoms with van der Waals surface area (Å²) in [5.41, 5.74) is 4.03. The highest BCUT2D eigenvalue weighted by Gasteiger charge is 2.13. The van der Waals surface area contributed by atoms with Crippen LogP contribution in [0.4, 0.5) is 11.5 Å². The summed E-state index contributed by atoms with van der Waals surface area (Å²) >= 11 is 3.42. The monoisotopic (exact) mass is 470 g/mol. The van der Waals surface area contributed by atoms with Gasteiger partial charge in [-0.3, -0.25) is 15.5 Å². The minimum absolute atomic E-state index is 0.0429. The molecule has 0 aliphatic rings. The molecular weight excluding hydrogens is 456 g/mol. The van der Waals surface area contributed by atoms with Crippen molar-refractivity contribution in [1.29, 1.82) is 0 Å². The van der Waals surface area contributed by atoms with E-state index in [1.807, 2.05) is 0 Å². The van der Waals surface area contributed by atoms with Crippen molar-refractivity contribution in [3.05, 3.63) is 92.1 Å². The number of benzene rings is 2. The van der Waals surface area contributed by atoms with Crippen LogP contribution in [0.5, 0.6) is 5.75 Å². The van der Waals surface area contributed by atoms with Gasteiger partial charge in [0, 0.05) is 12.3 Å². The number of ether oxygens (including phenoxy) is 1. The number of pyridine rings is 1. The molecule has 30 heavy (non-hydrogen) atoms. The van der Waals surface area contributed by atoms with Gasteiger partial charge in [-0.2, -0.15) is 5.10 Å². The highest BCUT2D eigenvalue weighted by molar-refractivity contribution is 9.10. The molecule has 0 amide bonds. The van der Waals surface area contributed by atoms with Gasteiger partial charge in [0.1, 0.15) is 12.4 Å². The number of aromatic nitrogens is 1. The summed E-state index contributed by atoms with van der Waals surface area (Å²) in [6, 6.07) is 14.6. The van der Waals surface area contributed by atoms with E-state index < -0.39 is 10.9 Å². The van der Waals surface area contributed by atoms with Crippen molar-refractivity contribution in [3.63, 3.8) is 0 Å². The van der Waals surface area contributed by atoms with Crippen LogP contribution in [0.15, 0.2) is 70.4 Å². The maximum atomic E-state index is 11.0. The summed E-state index contributed by atoms with van der Waals surface area (Å²) in [6.45, 7) is 0.206. The fourth-order valence-electron chi connectivity index (χ4n) is 2.47. The molecule has 9 nitrogen and oxygen atoms in total. The third-order valence-corrected chi connectivity index (χ3v) is 4.51. The molecule has 0 spiro atoms. The number of carboxylic acid groups (broad SMARTS) is 1. The van der Waals surface area contributed by atoms with Gasteiger partial charge >= 0.3 is 11.7 Å². The fourth-order valence-corrected chi connectivity index (χ4v) is 2.98. The van der Waals surface area contributed by atoms with Crippen molar-refractivity contribution in [2.75, 3.05) is 5.43 Å². The molecule has 0 radical (unpaired) electrons. The van der Waals surface area contributed by atoms with Gasteiger partial charge in [-0.1, -0.05) is 12.1 Å². The number of carboxylic acids is 1. The number of hydrazone groups is 1. The van der Waals surface area contributed by atoms with E-state index in [1.165, 1.54) is 30.6 Å². The molecule has 0 atom stereocenters. The molecule has 0 saturated heterocycles. The van der Waals surface area contributed by atoms with E-state index in [0.29, 0.717) is 15.8 Å². The van der Waals surface area contributed by atoms with Gasteiger partial charge in [0.15, 0.2) is 0 Å². The Morgan fingerprint density at radius 1 is 1.27 bits per heavy atom. The Morgan fingerprint density at radius 3 is 2.83 bits per heavy atom. The number of hydrogen-bond donors (Lipinski definition) is 2. The first-order valence-corrected chi connectivity index (χ1v) is 9.36. The number of aromatic carboxylic acids is 1. The number of nitrogens with one attached hydrogen (secondary N) is 1. The highest BCUT2D eigenvalue weighted by atomic mass is 79.9. The van der Waals surface area contributed by atoms with E-state index in [1.54, 1.807) is 36.4 Å². The van der Waals surface area contributed by atoms with Crippen molar-refractivity contribution in [2.45, 2.75) is 6.61 Å². The van der Waals surface area contributed by atoms with Crippen LogP contribution < -0.4 is 10.2 Å². The maximum Gasteiger partial charge on any atom is 0.335 e. The third kappa shape index (κ3) is 5.39. The predicted molar refractivity (Wildman–Crippen MR) is 114 cm³/mol. The molecule has 1 aromatic heterocycles. The zero-order valence-corrected chi connectivity index (χ0v) is 16.9. The minimum atomic E-state index is -0.994. The zero-order valence-electron chi connectivity index (χ0n) is 15.4. The lowest BCUT2D eigenvalue weighted by molar-refractivity contribution is -0.384. The zero-order chi connectivity index (χ0) is 21.5. The van der Waals surface area contributed by atoms with Crippen LogP contribution in [0.2, 0.25) is 0 Å². The van der Waals surface area contributed by atoms with Crippen molar-refractivity contribution in [2.24, 2.45) is 5.10 Å². The Balaban J connectivity index is 1.64. The molecule has 0 aliphatic carbocycles. The van der Waals surface area contributed by atoms with E-state index in [9.17, 15) is 14.9 Å². The summed E-state index contributed by atoms with van der Waals surface area (Å²) in [4.78, 5) is 25.4. The van der Waals surface area contributed by atoms with Crippen LogP contribution in [0.1, 0.15) is 21.5 Å². The predicted octanol–water partition coefficient (Wildman–Crippen LogP) is 4.48. The van der Waals surface area contributed by atoms with Gasteiger partial charge in [-0.05, 0) is 63.5 Å². The van der Waals surface area contributed by atoms with Crippen molar-refractivity contribution in [1.82, 2.24) is 4.98 Å². The topological polar surface area (TPSA) is 127 Å². The Hall–Kier alpha value is -3.79. The summed E-state index contributed by atoms with van der Waals surface area (Å²) in [6.07, 6.45) is 2.92. The lowest BCUT2D eigenvalue weighted by Gasteiger charge is -2.09. The first-order chi connectivity index (χ1) is 14.4. The minimum Gasteiger partial charge on any atom is -0.488 e. The second-order valence-electron chi connectivity index (χ2n) is 5.98. The van der Waals surface area contributed by atoms with Gasteiger partial charge in [0.05, 0.1) is 21.2 Å². The molecule has 2 aromatic carbocycles. The standard InChI is InChI=1S/C20H15BrN4O5/c21-16-10-13(11-23-24-19-17(25(28)29)5-2-8-22-19)6-7-18(16)30-12-14-3-1-4-15(9-14)20(26)27/h1-11H,12H2,(H,22,24)(H,26,27)/b23-11+. The van der Waals surface area contributed by atoms with Crippen molar-refractivity contribution < 1.29 is 19.6 Å². The number of carbonyl (C=O) groups is 1. The van der Waals surface area contributed by atoms with Gasteiger partial charge in [-0.25, -0.2) is 9.78 Å². The number of halogens is 1. The molecule has 0 unspecified atom stereocenters. The average molecular weight is 471 g/mol. The third-order valence-electron chi connectivity index (χ3n) is 3.89. The Labute approximate surface area is 179 Å². The van der Waals surface area contributed by atoms with E-state index >= 15 is 0 Å². The first kappa shape index (κ1) is 20.9. The van der Waals surface area contributed by atoms with Gasteiger partial charge in [0.2, 0.25) is 5.82 Å². The largest absolute Gasteiger partial charge is 0.488 e. The number of nitro groups is 1. The van der Waals surface area contributed by atoms with Crippen LogP contribution in [-0.4, -0.2) is 27.2 Å². The molecule has 152 valence electrons. The van der Waals surface area contributed by atoms with Crippen LogP contribution in [-0.2, 0) is 6.61 Å². The van der Waals surface area contributed by atoms with E-state index in [0.717, 1.165) is 5.56 Å². The van der Waals surface area contributed by atoms with Gasteiger partial charge < -0.3 is 9.84 Å². The SMILES string of the molecule is O=C(O)c1cccc(COc2ccc(/C=N/Nc3ncccc3[N+](=O)[O-])cc2Br)c1. The summed E-state index contributed by atoms with van der Waals surface area (Å²) in [7, 11) is 0. The van der Waals surface area contributed by atoms with Crippen molar-refractivity contribution in [3.8, 4) is 5.75 Å². The van der Waals surface area contributed by atoms with E-state index in [-0.39, 0.29) is 23.7 Å². The molecule has 0 aliphatic heterocycles. The Bertz CT molecular complexity index is 1120. The Morgan fingerprint density at radius 2 is 2.10 bits per heavy atom. The maximum absolute atomic E-state index is 11.0. The second-order valence-corrected chi connectivity index (χ2v) is 6.84. The first-order valence-electron chi connectivity index (χ1n) is 8.57.